The Balaban J connectivity index is 2.62. The van der Waals surface area contributed by atoms with E-state index in [0.717, 1.165) is 11.3 Å². The number of benzene rings is 2. The van der Waals surface area contributed by atoms with Crippen LogP contribution in [0.25, 0.3) is 11.1 Å². The number of para-hydroxylation sites is 1. The summed E-state index contributed by atoms with van der Waals surface area (Å²) in [6, 6.07) is 16.2. The topological polar surface area (TPSA) is 9.23 Å². The molecule has 0 N–H and O–H groups in total. The first-order valence-electron chi connectivity index (χ1n) is 4.97. The summed E-state index contributed by atoms with van der Waals surface area (Å²) in [5.41, 5.74) is 2.28. The minimum Gasteiger partial charge on any atom is -0.496 e. The molecule has 0 aliphatic heterocycles. The molecule has 0 heterocycles. The molecule has 2 aromatic rings. The van der Waals surface area contributed by atoms with E-state index in [1.807, 2.05) is 30.3 Å². The van der Waals surface area contributed by atoms with Crippen molar-refractivity contribution in [2.75, 3.05) is 7.11 Å². The molecule has 0 saturated carbocycles. The van der Waals surface area contributed by atoms with Gasteiger partial charge in [0, 0.05) is 11.1 Å². The second kappa shape index (κ2) is 5.20. The molecule has 0 amide bonds. The van der Waals surface area contributed by atoms with Gasteiger partial charge in [-0.25, -0.2) is 0 Å². The lowest BCUT2D eigenvalue weighted by Gasteiger charge is -2.07. The SMILES string of the molecule is COc1ccccc1-c1ccccc1[PH+]=S. The fourth-order valence-corrected chi connectivity index (χ4v) is 2.70. The van der Waals surface area contributed by atoms with Crippen molar-refractivity contribution in [3.63, 3.8) is 0 Å². The highest BCUT2D eigenvalue weighted by Gasteiger charge is 2.11. The van der Waals surface area contributed by atoms with Gasteiger partial charge < -0.3 is 4.74 Å². The molecule has 0 fully saturated rings. The van der Waals surface area contributed by atoms with Crippen molar-refractivity contribution in [3.05, 3.63) is 48.5 Å². The van der Waals surface area contributed by atoms with E-state index in [2.05, 4.69) is 18.2 Å². The lowest BCUT2D eigenvalue weighted by atomic mass is 10.0. The van der Waals surface area contributed by atoms with Crippen LogP contribution in [-0.4, -0.2) is 7.11 Å². The van der Waals surface area contributed by atoms with Crippen molar-refractivity contribution in [1.82, 2.24) is 0 Å². The van der Waals surface area contributed by atoms with Crippen LogP contribution in [0.4, 0.5) is 0 Å². The molecule has 2 rings (SSSR count). The molecule has 16 heavy (non-hydrogen) atoms. The van der Waals surface area contributed by atoms with Crippen LogP contribution in [0.15, 0.2) is 48.5 Å². The largest absolute Gasteiger partial charge is 0.496 e. The van der Waals surface area contributed by atoms with Crippen molar-refractivity contribution < 1.29 is 4.74 Å². The van der Waals surface area contributed by atoms with Gasteiger partial charge in [0.2, 0.25) is 0 Å². The number of hydrogen-bond acceptors (Lipinski definition) is 2. The molecular weight excluding hydrogens is 235 g/mol. The summed E-state index contributed by atoms with van der Waals surface area (Å²) in [6.45, 7) is 0. The summed E-state index contributed by atoms with van der Waals surface area (Å²) in [4.78, 5) is 0. The van der Waals surface area contributed by atoms with E-state index < -0.39 is 0 Å². The summed E-state index contributed by atoms with van der Waals surface area (Å²) in [5.74, 6) is 0.892. The quantitative estimate of drug-likeness (QED) is 0.771. The smallest absolute Gasteiger partial charge is 0.198 e. The lowest BCUT2D eigenvalue weighted by molar-refractivity contribution is 0.416. The molecule has 0 spiro atoms. The number of rotatable bonds is 3. The number of hydrogen-bond donors (Lipinski definition) is 0. The van der Waals surface area contributed by atoms with E-state index in [9.17, 15) is 0 Å². The second-order valence-corrected chi connectivity index (χ2v) is 4.70. The first kappa shape index (κ1) is 11.3. The monoisotopic (exact) mass is 247 g/mol. The Kier molecular flexibility index (Phi) is 3.66. The third-order valence-corrected chi connectivity index (χ3v) is 3.75. The highest BCUT2D eigenvalue weighted by atomic mass is 32.4. The van der Waals surface area contributed by atoms with Crippen LogP contribution in [-0.2, 0) is 11.8 Å². The highest BCUT2D eigenvalue weighted by molar-refractivity contribution is 7.99. The second-order valence-electron chi connectivity index (χ2n) is 3.35. The predicted octanol–water partition coefficient (Wildman–Crippen LogP) is 3.13. The Morgan fingerprint density at radius 3 is 2.25 bits per heavy atom. The fraction of sp³-hybridized carbons (Fsp3) is 0.0769. The fourth-order valence-electron chi connectivity index (χ4n) is 1.67. The molecule has 0 aliphatic rings. The van der Waals surface area contributed by atoms with Gasteiger partial charge in [0.15, 0.2) is 24.5 Å². The normalized spacial score (nSPS) is 10.3. The molecule has 1 unspecified atom stereocenters. The molecule has 0 aliphatic carbocycles. The van der Waals surface area contributed by atoms with Gasteiger partial charge in [-0.1, -0.05) is 30.3 Å². The maximum Gasteiger partial charge on any atom is 0.198 e. The minimum atomic E-state index is 0.380. The van der Waals surface area contributed by atoms with Crippen LogP contribution in [0, 0.1) is 0 Å². The standard InChI is InChI=1S/C13H11OPS/c1-14-12-8-4-2-6-10(12)11-7-3-5-9-13(11)15-16/h2-9H,1H3/p+1. The van der Waals surface area contributed by atoms with Crippen LogP contribution in [0.3, 0.4) is 0 Å². The zero-order chi connectivity index (χ0) is 11.4. The summed E-state index contributed by atoms with van der Waals surface area (Å²) in [7, 11) is 2.07. The lowest BCUT2D eigenvalue weighted by Crippen LogP contribution is -1.98. The van der Waals surface area contributed by atoms with Gasteiger partial charge in [-0.05, 0) is 18.2 Å². The molecule has 0 saturated heterocycles. The summed E-state index contributed by atoms with van der Waals surface area (Å²) in [6.07, 6.45) is 0. The maximum atomic E-state index is 5.37. The Morgan fingerprint density at radius 2 is 1.56 bits per heavy atom. The van der Waals surface area contributed by atoms with Gasteiger partial charge in [0.05, 0.1) is 7.11 Å². The van der Waals surface area contributed by atoms with Crippen molar-refractivity contribution >= 4 is 24.5 Å². The van der Waals surface area contributed by atoms with E-state index in [1.165, 1.54) is 10.9 Å². The van der Waals surface area contributed by atoms with E-state index in [0.29, 0.717) is 7.36 Å². The van der Waals surface area contributed by atoms with Gasteiger partial charge in [-0.3, -0.25) is 0 Å². The first-order chi connectivity index (χ1) is 7.86. The molecule has 2 aromatic carbocycles. The number of ether oxygens (including phenoxy) is 1. The Labute approximate surface area is 102 Å². The maximum absolute atomic E-state index is 5.37. The summed E-state index contributed by atoms with van der Waals surface area (Å²) in [5, 5.41) is 1.20. The molecule has 0 bridgehead atoms. The molecular formula is C13H12OPS+. The Morgan fingerprint density at radius 1 is 0.938 bits per heavy atom. The van der Waals surface area contributed by atoms with Gasteiger partial charge in [-0.2, -0.15) is 0 Å². The summed E-state index contributed by atoms with van der Waals surface area (Å²) < 4.78 is 5.37. The molecule has 1 atom stereocenters. The van der Waals surface area contributed by atoms with E-state index in [1.54, 1.807) is 7.11 Å². The van der Waals surface area contributed by atoms with Crippen LogP contribution in [0.5, 0.6) is 5.75 Å². The average molecular weight is 247 g/mol. The Bertz CT molecular complexity index is 511. The van der Waals surface area contributed by atoms with E-state index in [4.69, 9.17) is 16.5 Å². The van der Waals surface area contributed by atoms with Crippen molar-refractivity contribution in [3.8, 4) is 16.9 Å². The highest BCUT2D eigenvalue weighted by Crippen LogP contribution is 2.29. The van der Waals surface area contributed by atoms with Crippen molar-refractivity contribution in [1.29, 1.82) is 0 Å². The third-order valence-electron chi connectivity index (χ3n) is 2.43. The average Bonchev–Trinajstić information content (AvgIpc) is 2.38. The van der Waals surface area contributed by atoms with Gasteiger partial charge in [0.25, 0.3) is 0 Å². The van der Waals surface area contributed by atoms with Gasteiger partial charge in [0.1, 0.15) is 5.75 Å². The van der Waals surface area contributed by atoms with Crippen LogP contribution in [0.1, 0.15) is 0 Å². The van der Waals surface area contributed by atoms with Crippen molar-refractivity contribution in [2.45, 2.75) is 0 Å². The van der Waals surface area contributed by atoms with Crippen molar-refractivity contribution in [2.24, 2.45) is 0 Å². The molecule has 3 heteroatoms. The van der Waals surface area contributed by atoms with Gasteiger partial charge >= 0.3 is 0 Å². The number of methoxy groups -OCH3 is 1. The zero-order valence-corrected chi connectivity index (χ0v) is 10.8. The van der Waals surface area contributed by atoms with E-state index in [-0.39, 0.29) is 0 Å². The van der Waals surface area contributed by atoms with Crippen LogP contribution >= 0.6 is 7.36 Å². The molecule has 0 radical (unpaired) electrons. The summed E-state index contributed by atoms with van der Waals surface area (Å²) >= 11 is 5.17. The van der Waals surface area contributed by atoms with E-state index >= 15 is 0 Å². The van der Waals surface area contributed by atoms with Gasteiger partial charge in [-0.15, -0.1) is 0 Å². The first-order valence-corrected chi connectivity index (χ1v) is 7.10. The third kappa shape index (κ3) is 2.13. The Hall–Kier alpha value is -1.24. The molecule has 1 nitrogen and oxygen atoms in total. The van der Waals surface area contributed by atoms with Crippen LogP contribution in [0.2, 0.25) is 0 Å². The zero-order valence-electron chi connectivity index (χ0n) is 8.94. The minimum absolute atomic E-state index is 0.380. The van der Waals surface area contributed by atoms with Crippen LogP contribution < -0.4 is 10.0 Å². The predicted molar refractivity (Wildman–Crippen MR) is 73.7 cm³/mol. The molecule has 80 valence electrons. The molecule has 0 aromatic heterocycles.